The van der Waals surface area contributed by atoms with E-state index < -0.39 is 11.8 Å². The molecule has 2 amide bonds. The predicted molar refractivity (Wildman–Crippen MR) is 101 cm³/mol. The Hall–Kier alpha value is -2.29. The molecule has 1 fully saturated rings. The molecule has 1 aliphatic rings. The van der Waals surface area contributed by atoms with Gasteiger partial charge in [0.15, 0.2) is 0 Å². The summed E-state index contributed by atoms with van der Waals surface area (Å²) in [5.41, 5.74) is 1.56. The minimum atomic E-state index is -0.654. The number of hydrogen-bond donors (Lipinski definition) is 2. The van der Waals surface area contributed by atoms with Crippen LogP contribution in [0.4, 0.5) is 5.69 Å². The van der Waals surface area contributed by atoms with Gasteiger partial charge < -0.3 is 15.4 Å². The molecule has 26 heavy (non-hydrogen) atoms. The topological polar surface area (TPSA) is 83.6 Å². The van der Waals surface area contributed by atoms with Crippen molar-refractivity contribution in [1.82, 2.24) is 15.2 Å². The Labute approximate surface area is 156 Å². The van der Waals surface area contributed by atoms with Crippen LogP contribution >= 0.6 is 11.3 Å². The van der Waals surface area contributed by atoms with Crippen LogP contribution in [0, 0.1) is 0 Å². The lowest BCUT2D eigenvalue weighted by Crippen LogP contribution is -2.39. The van der Waals surface area contributed by atoms with E-state index in [0.29, 0.717) is 12.2 Å². The average Bonchev–Trinajstić information content (AvgIpc) is 3.21. The molecule has 0 aliphatic carbocycles. The Morgan fingerprint density at radius 1 is 1.15 bits per heavy atom. The second kappa shape index (κ2) is 9.42. The summed E-state index contributed by atoms with van der Waals surface area (Å²) in [5, 5.41) is 8.10. The van der Waals surface area contributed by atoms with E-state index in [1.165, 1.54) is 0 Å². The van der Waals surface area contributed by atoms with Crippen LogP contribution in [0.3, 0.4) is 0 Å². The van der Waals surface area contributed by atoms with Gasteiger partial charge in [-0.2, -0.15) is 0 Å². The van der Waals surface area contributed by atoms with Crippen LogP contribution in [0.25, 0.3) is 10.6 Å². The molecule has 0 radical (unpaired) electrons. The number of thiazole rings is 1. The molecule has 2 aromatic rings. The van der Waals surface area contributed by atoms with Crippen LogP contribution < -0.4 is 10.6 Å². The van der Waals surface area contributed by atoms with E-state index in [4.69, 9.17) is 4.74 Å². The van der Waals surface area contributed by atoms with Gasteiger partial charge in [-0.25, -0.2) is 4.98 Å². The van der Waals surface area contributed by atoms with Gasteiger partial charge in [0.1, 0.15) is 5.01 Å². The van der Waals surface area contributed by atoms with Crippen LogP contribution in [-0.4, -0.2) is 61.1 Å². The maximum Gasteiger partial charge on any atom is 0.313 e. The van der Waals surface area contributed by atoms with Gasteiger partial charge in [0.05, 0.1) is 13.2 Å². The number of carbonyl (C=O) groups is 2. The first-order chi connectivity index (χ1) is 12.7. The molecule has 138 valence electrons. The molecule has 0 spiro atoms. The highest BCUT2D eigenvalue weighted by Crippen LogP contribution is 2.23. The Morgan fingerprint density at radius 2 is 1.92 bits per heavy atom. The lowest BCUT2D eigenvalue weighted by Gasteiger charge is -2.26. The molecule has 0 bridgehead atoms. The van der Waals surface area contributed by atoms with E-state index in [2.05, 4.69) is 20.5 Å². The van der Waals surface area contributed by atoms with Crippen LogP contribution in [0.1, 0.15) is 6.42 Å². The number of nitrogens with zero attached hydrogens (tertiary/aromatic N) is 2. The predicted octanol–water partition coefficient (Wildman–Crippen LogP) is 1.59. The minimum Gasteiger partial charge on any atom is -0.379 e. The molecule has 3 rings (SSSR count). The van der Waals surface area contributed by atoms with Crippen LogP contribution in [-0.2, 0) is 14.3 Å². The van der Waals surface area contributed by atoms with Crippen molar-refractivity contribution in [3.8, 4) is 10.6 Å². The van der Waals surface area contributed by atoms with Crippen LogP contribution in [0.2, 0.25) is 0 Å². The summed E-state index contributed by atoms with van der Waals surface area (Å²) in [6, 6.07) is 7.27. The number of amides is 2. The third-order valence-electron chi connectivity index (χ3n) is 4.07. The maximum atomic E-state index is 12.0. The first-order valence-electron chi connectivity index (χ1n) is 8.61. The van der Waals surface area contributed by atoms with E-state index in [1.54, 1.807) is 29.7 Å². The quantitative estimate of drug-likeness (QED) is 0.593. The van der Waals surface area contributed by atoms with E-state index in [1.807, 2.05) is 17.5 Å². The third-order valence-corrected chi connectivity index (χ3v) is 4.89. The first-order valence-corrected chi connectivity index (χ1v) is 9.49. The molecule has 0 unspecified atom stereocenters. The second-order valence-electron chi connectivity index (χ2n) is 5.93. The van der Waals surface area contributed by atoms with Crippen molar-refractivity contribution in [2.45, 2.75) is 6.42 Å². The number of benzene rings is 1. The summed E-state index contributed by atoms with van der Waals surface area (Å²) in [4.78, 5) is 30.4. The molecule has 2 N–H and O–H groups in total. The summed E-state index contributed by atoms with van der Waals surface area (Å²) >= 11 is 1.55. The summed E-state index contributed by atoms with van der Waals surface area (Å²) < 4.78 is 5.29. The van der Waals surface area contributed by atoms with Gasteiger partial charge in [0, 0.05) is 42.5 Å². The molecule has 1 aromatic carbocycles. The molecular weight excluding hydrogens is 352 g/mol. The number of hydrogen-bond acceptors (Lipinski definition) is 6. The fourth-order valence-electron chi connectivity index (χ4n) is 2.66. The van der Waals surface area contributed by atoms with Crippen molar-refractivity contribution in [2.24, 2.45) is 0 Å². The smallest absolute Gasteiger partial charge is 0.313 e. The van der Waals surface area contributed by atoms with Crippen molar-refractivity contribution >= 4 is 28.8 Å². The third kappa shape index (κ3) is 5.35. The fraction of sp³-hybridized carbons (Fsp3) is 0.389. The number of morpholine rings is 1. The van der Waals surface area contributed by atoms with Gasteiger partial charge in [-0.05, 0) is 37.2 Å². The molecule has 0 atom stereocenters. The summed E-state index contributed by atoms with van der Waals surface area (Å²) in [5.74, 6) is -1.27. The van der Waals surface area contributed by atoms with Crippen molar-refractivity contribution in [3.05, 3.63) is 35.8 Å². The summed E-state index contributed by atoms with van der Waals surface area (Å²) in [6.45, 7) is 4.74. The summed E-state index contributed by atoms with van der Waals surface area (Å²) in [6.07, 6.45) is 2.56. The molecular formula is C18H22N4O3S. The number of nitrogens with one attached hydrogen (secondary N) is 2. The monoisotopic (exact) mass is 374 g/mol. The van der Waals surface area contributed by atoms with E-state index >= 15 is 0 Å². The molecule has 1 aliphatic heterocycles. The fourth-order valence-corrected chi connectivity index (χ4v) is 3.30. The lowest BCUT2D eigenvalue weighted by molar-refractivity contribution is -0.136. The Morgan fingerprint density at radius 3 is 2.62 bits per heavy atom. The molecule has 8 heteroatoms. The molecule has 0 saturated carbocycles. The van der Waals surface area contributed by atoms with Crippen molar-refractivity contribution in [3.63, 3.8) is 0 Å². The van der Waals surface area contributed by atoms with Gasteiger partial charge >= 0.3 is 11.8 Å². The van der Waals surface area contributed by atoms with Crippen molar-refractivity contribution in [2.75, 3.05) is 44.7 Å². The number of carbonyl (C=O) groups excluding carboxylic acids is 2. The highest BCUT2D eigenvalue weighted by molar-refractivity contribution is 7.13. The highest BCUT2D eigenvalue weighted by atomic mass is 32.1. The van der Waals surface area contributed by atoms with Crippen LogP contribution in [0.15, 0.2) is 35.8 Å². The van der Waals surface area contributed by atoms with E-state index in [-0.39, 0.29) is 0 Å². The second-order valence-corrected chi connectivity index (χ2v) is 6.83. The molecule has 1 saturated heterocycles. The zero-order chi connectivity index (χ0) is 18.2. The normalized spacial score (nSPS) is 14.8. The number of rotatable bonds is 6. The Balaban J connectivity index is 1.39. The highest BCUT2D eigenvalue weighted by Gasteiger charge is 2.14. The van der Waals surface area contributed by atoms with Gasteiger partial charge in [0.2, 0.25) is 0 Å². The van der Waals surface area contributed by atoms with Gasteiger partial charge in [-0.3, -0.25) is 14.5 Å². The zero-order valence-electron chi connectivity index (χ0n) is 14.4. The van der Waals surface area contributed by atoms with Crippen molar-refractivity contribution in [1.29, 1.82) is 0 Å². The van der Waals surface area contributed by atoms with Crippen LogP contribution in [0.5, 0.6) is 0 Å². The van der Waals surface area contributed by atoms with E-state index in [9.17, 15) is 9.59 Å². The largest absolute Gasteiger partial charge is 0.379 e. The SMILES string of the molecule is O=C(NCCCN1CCOCC1)C(=O)Nc1ccc(-c2nccs2)cc1. The zero-order valence-corrected chi connectivity index (χ0v) is 15.3. The Kier molecular flexibility index (Phi) is 6.70. The van der Waals surface area contributed by atoms with Gasteiger partial charge in [0.25, 0.3) is 0 Å². The standard InChI is InChI=1S/C18H22N4O3S/c23-16(19-6-1-8-22-9-11-25-12-10-22)17(24)21-15-4-2-14(3-5-15)18-20-7-13-26-18/h2-5,7,13H,1,6,8-12H2,(H,19,23)(H,21,24). The Bertz CT molecular complexity index is 713. The maximum absolute atomic E-state index is 12.0. The van der Waals surface area contributed by atoms with Gasteiger partial charge in [-0.15, -0.1) is 11.3 Å². The number of aromatic nitrogens is 1. The molecule has 1 aromatic heterocycles. The molecule has 2 heterocycles. The average molecular weight is 374 g/mol. The molecule has 7 nitrogen and oxygen atoms in total. The summed E-state index contributed by atoms with van der Waals surface area (Å²) in [7, 11) is 0. The lowest BCUT2D eigenvalue weighted by atomic mass is 10.2. The number of anilines is 1. The first kappa shape index (κ1) is 18.5. The van der Waals surface area contributed by atoms with Crippen molar-refractivity contribution < 1.29 is 14.3 Å². The minimum absolute atomic E-state index is 0.479. The number of ether oxygens (including phenoxy) is 1. The van der Waals surface area contributed by atoms with Gasteiger partial charge in [-0.1, -0.05) is 0 Å². The van der Waals surface area contributed by atoms with E-state index in [0.717, 1.165) is 49.8 Å².